The standard InChI is InChI=1S/C59H34N4OS2/c1-3-15-35-29-48-44(27-33(35)13-1)45-28-34-14-2-4-16-36(34)30-49(45)63(48)50-32-52-46(37-17-5-8-24-51(37)64-52)31-47(50)59-61-57(42-22-11-20-40-38-18-6-9-25-53(38)65-55(40)42)60-58(62-59)43-23-12-21-41-39-19-7-10-26-54(39)66-56(41)43/h1-32,57H,(H,60,61,62). The largest absolute Gasteiger partial charge is 0.456 e. The van der Waals surface area contributed by atoms with Crippen molar-refractivity contribution >= 4 is 140 Å². The summed E-state index contributed by atoms with van der Waals surface area (Å²) in [6, 6.07) is 70.2. The minimum Gasteiger partial charge on any atom is -0.456 e. The van der Waals surface area contributed by atoms with E-state index in [-0.39, 0.29) is 0 Å². The van der Waals surface area contributed by atoms with Crippen LogP contribution in [0.2, 0.25) is 0 Å². The van der Waals surface area contributed by atoms with Crippen LogP contribution in [0.25, 0.3) is 111 Å². The first-order chi connectivity index (χ1) is 32.7. The van der Waals surface area contributed by atoms with Crippen molar-refractivity contribution in [3.05, 3.63) is 211 Å². The fraction of sp³-hybridized carbons (Fsp3) is 0.0169. The van der Waals surface area contributed by atoms with Gasteiger partial charge in [0.2, 0.25) is 0 Å². The first kappa shape index (κ1) is 36.3. The summed E-state index contributed by atoms with van der Waals surface area (Å²) in [5, 5.41) is 18.2. The number of furan rings is 1. The van der Waals surface area contributed by atoms with Crippen LogP contribution in [0.5, 0.6) is 0 Å². The number of rotatable bonds is 4. The van der Waals surface area contributed by atoms with Crippen molar-refractivity contribution in [2.24, 2.45) is 9.98 Å². The van der Waals surface area contributed by atoms with Crippen molar-refractivity contribution in [1.82, 2.24) is 9.88 Å². The normalized spacial score (nSPS) is 14.5. The highest BCUT2D eigenvalue weighted by Crippen LogP contribution is 2.43. The van der Waals surface area contributed by atoms with Gasteiger partial charge in [-0.05, 0) is 76.1 Å². The molecule has 66 heavy (non-hydrogen) atoms. The topological polar surface area (TPSA) is 54.8 Å². The maximum atomic E-state index is 6.74. The molecule has 308 valence electrons. The van der Waals surface area contributed by atoms with Crippen molar-refractivity contribution < 1.29 is 4.42 Å². The lowest BCUT2D eigenvalue weighted by Crippen LogP contribution is -2.34. The minimum atomic E-state index is -0.440. The van der Waals surface area contributed by atoms with Crippen LogP contribution in [-0.2, 0) is 0 Å². The fourth-order valence-corrected chi connectivity index (χ4v) is 13.0. The van der Waals surface area contributed by atoms with E-state index in [1.54, 1.807) is 11.3 Å². The Balaban J connectivity index is 1.05. The molecule has 4 aromatic heterocycles. The number of aliphatic imine (C=N–C) groups is 2. The van der Waals surface area contributed by atoms with E-state index >= 15 is 0 Å². The molecule has 0 radical (unpaired) electrons. The number of nitrogens with zero attached hydrogens (tertiary/aromatic N) is 3. The lowest BCUT2D eigenvalue weighted by atomic mass is 10.0. The summed E-state index contributed by atoms with van der Waals surface area (Å²) in [6.45, 7) is 0. The van der Waals surface area contributed by atoms with Gasteiger partial charge in [-0.2, -0.15) is 0 Å². The zero-order valence-electron chi connectivity index (χ0n) is 35.1. The van der Waals surface area contributed by atoms with Gasteiger partial charge in [-0.1, -0.05) is 133 Å². The molecule has 0 saturated carbocycles. The van der Waals surface area contributed by atoms with Gasteiger partial charge >= 0.3 is 0 Å². The Morgan fingerprint density at radius 3 is 1.70 bits per heavy atom. The summed E-state index contributed by atoms with van der Waals surface area (Å²) in [7, 11) is 0. The second-order valence-corrected chi connectivity index (χ2v) is 19.4. The molecule has 14 aromatic rings. The smallest absolute Gasteiger partial charge is 0.160 e. The molecule has 0 spiro atoms. The zero-order valence-corrected chi connectivity index (χ0v) is 36.8. The average molecular weight is 879 g/mol. The zero-order chi connectivity index (χ0) is 43.0. The molecule has 7 heteroatoms. The number of fused-ring (bicyclic) bond motifs is 14. The summed E-state index contributed by atoms with van der Waals surface area (Å²) in [4.78, 5) is 11.3. The molecule has 5 nitrogen and oxygen atoms in total. The van der Waals surface area contributed by atoms with Gasteiger partial charge in [0.15, 0.2) is 5.84 Å². The monoisotopic (exact) mass is 878 g/mol. The molecule has 1 aliphatic heterocycles. The molecule has 0 fully saturated rings. The molecule has 1 unspecified atom stereocenters. The number of hydrogen-bond donors (Lipinski definition) is 1. The van der Waals surface area contributed by atoms with Crippen LogP contribution in [0, 0.1) is 0 Å². The van der Waals surface area contributed by atoms with Gasteiger partial charge in [-0.25, -0.2) is 9.98 Å². The third-order valence-corrected chi connectivity index (χ3v) is 16.1. The van der Waals surface area contributed by atoms with Gasteiger partial charge in [-0.3, -0.25) is 0 Å². The Morgan fingerprint density at radius 2 is 1.00 bits per heavy atom. The molecule has 0 saturated heterocycles. The van der Waals surface area contributed by atoms with Crippen molar-refractivity contribution in [2.75, 3.05) is 0 Å². The maximum Gasteiger partial charge on any atom is 0.160 e. The first-order valence-corrected chi connectivity index (χ1v) is 23.9. The van der Waals surface area contributed by atoms with Crippen molar-refractivity contribution in [1.29, 1.82) is 0 Å². The van der Waals surface area contributed by atoms with Crippen LogP contribution in [-0.4, -0.2) is 16.2 Å². The number of nitrogens with one attached hydrogen (secondary N) is 1. The quantitative estimate of drug-likeness (QED) is 0.191. The van der Waals surface area contributed by atoms with E-state index in [1.165, 1.54) is 72.7 Å². The molecule has 10 aromatic carbocycles. The second kappa shape index (κ2) is 13.7. The van der Waals surface area contributed by atoms with Crippen LogP contribution in [0.1, 0.15) is 22.9 Å². The van der Waals surface area contributed by atoms with E-state index < -0.39 is 6.17 Å². The lowest BCUT2D eigenvalue weighted by Gasteiger charge is -2.26. The summed E-state index contributed by atoms with van der Waals surface area (Å²) in [6.07, 6.45) is -0.440. The number of aromatic nitrogens is 1. The van der Waals surface area contributed by atoms with E-state index in [2.05, 4.69) is 198 Å². The Kier molecular flexibility index (Phi) is 7.53. The van der Waals surface area contributed by atoms with Crippen LogP contribution in [0.15, 0.2) is 209 Å². The summed E-state index contributed by atoms with van der Waals surface area (Å²) < 4.78 is 14.1. The highest BCUT2D eigenvalue weighted by molar-refractivity contribution is 7.26. The molecule has 0 bridgehead atoms. The predicted octanol–water partition coefficient (Wildman–Crippen LogP) is 16.2. The molecular formula is C59H34N4OS2. The van der Waals surface area contributed by atoms with E-state index in [0.717, 1.165) is 61.2 Å². The number of amidine groups is 2. The number of benzene rings is 10. The lowest BCUT2D eigenvalue weighted by molar-refractivity contribution is 0.668. The maximum absolute atomic E-state index is 6.74. The minimum absolute atomic E-state index is 0.440. The van der Waals surface area contributed by atoms with E-state index in [4.69, 9.17) is 14.4 Å². The average Bonchev–Trinajstić information content (AvgIpc) is 4.13. The fourth-order valence-electron chi connectivity index (χ4n) is 10.6. The molecule has 5 heterocycles. The van der Waals surface area contributed by atoms with Crippen molar-refractivity contribution in [3.8, 4) is 5.69 Å². The van der Waals surface area contributed by atoms with Gasteiger partial charge < -0.3 is 14.3 Å². The van der Waals surface area contributed by atoms with Gasteiger partial charge in [-0.15, -0.1) is 22.7 Å². The van der Waals surface area contributed by atoms with Gasteiger partial charge in [0, 0.05) is 84.6 Å². The van der Waals surface area contributed by atoms with Crippen LogP contribution in [0.4, 0.5) is 0 Å². The molecule has 1 aliphatic rings. The molecule has 0 amide bonds. The van der Waals surface area contributed by atoms with Crippen molar-refractivity contribution in [3.63, 3.8) is 0 Å². The van der Waals surface area contributed by atoms with E-state index in [0.29, 0.717) is 5.84 Å². The van der Waals surface area contributed by atoms with Crippen LogP contribution >= 0.6 is 22.7 Å². The molecule has 1 N–H and O–H groups in total. The van der Waals surface area contributed by atoms with Gasteiger partial charge in [0.1, 0.15) is 23.2 Å². The third-order valence-electron chi connectivity index (χ3n) is 13.6. The Hall–Kier alpha value is -8.10. The molecule has 15 rings (SSSR count). The van der Waals surface area contributed by atoms with E-state index in [9.17, 15) is 0 Å². The van der Waals surface area contributed by atoms with Crippen LogP contribution < -0.4 is 5.32 Å². The van der Waals surface area contributed by atoms with Gasteiger partial charge in [0.05, 0.1) is 16.7 Å². The first-order valence-electron chi connectivity index (χ1n) is 22.2. The van der Waals surface area contributed by atoms with Gasteiger partial charge in [0.25, 0.3) is 0 Å². The number of hydrogen-bond acceptors (Lipinski definition) is 6. The molecular weight excluding hydrogens is 845 g/mol. The second-order valence-electron chi connectivity index (χ2n) is 17.3. The Labute approximate surface area is 384 Å². The highest BCUT2D eigenvalue weighted by atomic mass is 32.1. The van der Waals surface area contributed by atoms with E-state index in [1.807, 2.05) is 17.4 Å². The highest BCUT2D eigenvalue weighted by Gasteiger charge is 2.29. The van der Waals surface area contributed by atoms with Crippen LogP contribution in [0.3, 0.4) is 0 Å². The third kappa shape index (κ3) is 5.26. The molecule has 1 atom stereocenters. The summed E-state index contributed by atoms with van der Waals surface area (Å²) in [5.74, 6) is 1.45. The summed E-state index contributed by atoms with van der Waals surface area (Å²) in [5.41, 5.74) is 7.96. The Morgan fingerprint density at radius 1 is 0.439 bits per heavy atom. The summed E-state index contributed by atoms with van der Waals surface area (Å²) >= 11 is 3.63. The van der Waals surface area contributed by atoms with Crippen molar-refractivity contribution in [2.45, 2.75) is 6.17 Å². The number of thiophene rings is 2. The Bertz CT molecular complexity index is 4370. The predicted molar refractivity (Wildman–Crippen MR) is 281 cm³/mol. The SMILES string of the molecule is c1ccc2cc3c(cc2c1)c1cc2ccccc2cc1n3-c1cc2oc3ccccc3c2cc1C1=NC(c2cccc3c2sc2ccccc23)=NC(c2cccc3c2sc2ccccc23)N1. The number of para-hydroxylation sites is 1. The molecule has 0 aliphatic carbocycles.